The highest BCUT2D eigenvalue weighted by Crippen LogP contribution is 2.21. The second-order valence-electron chi connectivity index (χ2n) is 5.01. The first-order chi connectivity index (χ1) is 9.60. The van der Waals surface area contributed by atoms with Crippen molar-refractivity contribution < 1.29 is 9.53 Å². The zero-order chi connectivity index (χ0) is 14.5. The molecule has 4 nitrogen and oxygen atoms in total. The number of benzene rings is 1. The van der Waals surface area contributed by atoms with Crippen molar-refractivity contribution in [1.29, 1.82) is 0 Å². The molecule has 1 aromatic rings. The predicted octanol–water partition coefficient (Wildman–Crippen LogP) is 2.19. The maximum Gasteiger partial charge on any atom is 0.260 e. The Morgan fingerprint density at radius 1 is 1.30 bits per heavy atom. The molecule has 1 heterocycles. The van der Waals surface area contributed by atoms with Gasteiger partial charge in [-0.05, 0) is 37.2 Å². The summed E-state index contributed by atoms with van der Waals surface area (Å²) in [7, 11) is 0. The van der Waals surface area contributed by atoms with Gasteiger partial charge >= 0.3 is 0 Å². The van der Waals surface area contributed by atoms with E-state index in [1.807, 2.05) is 17.9 Å². The lowest BCUT2D eigenvalue weighted by molar-refractivity contribution is -0.135. The molecule has 0 unspecified atom stereocenters. The van der Waals surface area contributed by atoms with Gasteiger partial charge in [-0.1, -0.05) is 18.5 Å². The zero-order valence-corrected chi connectivity index (χ0v) is 12.8. The van der Waals surface area contributed by atoms with Crippen LogP contribution in [-0.4, -0.2) is 55.0 Å². The first kappa shape index (κ1) is 15.1. The van der Waals surface area contributed by atoms with Gasteiger partial charge in [0.25, 0.3) is 5.91 Å². The predicted molar refractivity (Wildman–Crippen MR) is 80.4 cm³/mol. The van der Waals surface area contributed by atoms with E-state index < -0.39 is 0 Å². The van der Waals surface area contributed by atoms with Crippen LogP contribution in [0.1, 0.15) is 12.5 Å². The van der Waals surface area contributed by atoms with Gasteiger partial charge in [0.15, 0.2) is 6.61 Å². The third-order valence-electron chi connectivity index (χ3n) is 3.66. The Morgan fingerprint density at radius 3 is 2.60 bits per heavy atom. The van der Waals surface area contributed by atoms with Crippen molar-refractivity contribution in [1.82, 2.24) is 9.80 Å². The third-order valence-corrected chi connectivity index (χ3v) is 4.09. The minimum absolute atomic E-state index is 0.0494. The fourth-order valence-corrected chi connectivity index (χ4v) is 2.37. The smallest absolute Gasteiger partial charge is 0.260 e. The van der Waals surface area contributed by atoms with Crippen LogP contribution in [0.15, 0.2) is 18.2 Å². The first-order valence-corrected chi connectivity index (χ1v) is 7.37. The molecule has 2 rings (SSSR count). The van der Waals surface area contributed by atoms with Gasteiger partial charge in [-0.3, -0.25) is 4.79 Å². The molecule has 1 fully saturated rings. The van der Waals surface area contributed by atoms with Gasteiger partial charge < -0.3 is 14.5 Å². The maximum atomic E-state index is 12.1. The summed E-state index contributed by atoms with van der Waals surface area (Å²) in [5, 5.41) is 0.708. The molecule has 0 aromatic heterocycles. The molecule has 0 atom stereocenters. The SMILES string of the molecule is CCN1CCN(C(=O)COc2ccc(Cl)c(C)c2)CC1. The molecule has 110 valence electrons. The molecule has 0 aliphatic carbocycles. The molecule has 1 aliphatic rings. The second kappa shape index (κ2) is 6.95. The minimum atomic E-state index is 0.0494. The standard InChI is InChI=1S/C15H21ClN2O2/c1-3-17-6-8-18(9-7-17)15(19)11-20-13-4-5-14(16)12(2)10-13/h4-5,10H,3,6-9,11H2,1-2H3. The van der Waals surface area contributed by atoms with Crippen LogP contribution in [0.25, 0.3) is 0 Å². The van der Waals surface area contributed by atoms with Crippen LogP contribution in [0.4, 0.5) is 0 Å². The van der Waals surface area contributed by atoms with Gasteiger partial charge in [0.05, 0.1) is 0 Å². The number of hydrogen-bond donors (Lipinski definition) is 0. The molecule has 0 saturated carbocycles. The van der Waals surface area contributed by atoms with Gasteiger partial charge in [-0.25, -0.2) is 0 Å². The lowest BCUT2D eigenvalue weighted by atomic mass is 10.2. The molecular formula is C15H21ClN2O2. The highest BCUT2D eigenvalue weighted by molar-refractivity contribution is 6.31. The van der Waals surface area contributed by atoms with Crippen LogP contribution in [0, 0.1) is 6.92 Å². The van der Waals surface area contributed by atoms with Crippen molar-refractivity contribution in [2.45, 2.75) is 13.8 Å². The van der Waals surface area contributed by atoms with Crippen molar-refractivity contribution in [2.24, 2.45) is 0 Å². The van der Waals surface area contributed by atoms with Crippen molar-refractivity contribution in [2.75, 3.05) is 39.3 Å². The number of carbonyl (C=O) groups is 1. The average molecular weight is 297 g/mol. The average Bonchev–Trinajstić information content (AvgIpc) is 2.48. The molecule has 1 saturated heterocycles. The highest BCUT2D eigenvalue weighted by atomic mass is 35.5. The lowest BCUT2D eigenvalue weighted by Gasteiger charge is -2.33. The summed E-state index contributed by atoms with van der Waals surface area (Å²) < 4.78 is 5.55. The van der Waals surface area contributed by atoms with E-state index in [9.17, 15) is 4.79 Å². The number of amides is 1. The molecule has 5 heteroatoms. The van der Waals surface area contributed by atoms with E-state index in [2.05, 4.69) is 11.8 Å². The molecule has 1 amide bonds. The number of halogens is 1. The Bertz CT molecular complexity index is 471. The summed E-state index contributed by atoms with van der Waals surface area (Å²) in [6, 6.07) is 5.43. The van der Waals surface area contributed by atoms with Gasteiger partial charge in [-0.2, -0.15) is 0 Å². The summed E-state index contributed by atoms with van der Waals surface area (Å²) >= 11 is 5.96. The second-order valence-corrected chi connectivity index (χ2v) is 5.42. The van der Waals surface area contributed by atoms with E-state index in [1.165, 1.54) is 0 Å². The Labute approximate surface area is 125 Å². The van der Waals surface area contributed by atoms with Crippen molar-refractivity contribution >= 4 is 17.5 Å². The summed E-state index contributed by atoms with van der Waals surface area (Å²) in [6.07, 6.45) is 0. The molecule has 1 aromatic carbocycles. The summed E-state index contributed by atoms with van der Waals surface area (Å²) in [5.74, 6) is 0.737. The fourth-order valence-electron chi connectivity index (χ4n) is 2.26. The highest BCUT2D eigenvalue weighted by Gasteiger charge is 2.20. The maximum absolute atomic E-state index is 12.1. The van der Waals surface area contributed by atoms with E-state index in [4.69, 9.17) is 16.3 Å². The van der Waals surface area contributed by atoms with E-state index in [0.717, 1.165) is 38.3 Å². The fraction of sp³-hybridized carbons (Fsp3) is 0.533. The monoisotopic (exact) mass is 296 g/mol. The van der Waals surface area contributed by atoms with Crippen molar-refractivity contribution in [3.05, 3.63) is 28.8 Å². The van der Waals surface area contributed by atoms with Crippen LogP contribution in [-0.2, 0) is 4.79 Å². The molecule has 1 aliphatic heterocycles. The topological polar surface area (TPSA) is 32.8 Å². The molecule has 0 spiro atoms. The van der Waals surface area contributed by atoms with Crippen LogP contribution >= 0.6 is 11.6 Å². The molecule has 20 heavy (non-hydrogen) atoms. The van der Waals surface area contributed by atoms with Crippen LogP contribution in [0.2, 0.25) is 5.02 Å². The molecule has 0 bridgehead atoms. The Morgan fingerprint density at radius 2 is 2.00 bits per heavy atom. The Hall–Kier alpha value is -1.26. The largest absolute Gasteiger partial charge is 0.484 e. The number of ether oxygens (including phenoxy) is 1. The molecule has 0 N–H and O–H groups in total. The number of carbonyl (C=O) groups excluding carboxylic acids is 1. The van der Waals surface area contributed by atoms with E-state index >= 15 is 0 Å². The molecule has 0 radical (unpaired) electrons. The summed E-state index contributed by atoms with van der Waals surface area (Å²) in [4.78, 5) is 16.3. The van der Waals surface area contributed by atoms with Gasteiger partial charge in [0.1, 0.15) is 5.75 Å². The van der Waals surface area contributed by atoms with Crippen LogP contribution < -0.4 is 4.74 Å². The molecular weight excluding hydrogens is 276 g/mol. The number of hydrogen-bond acceptors (Lipinski definition) is 3. The van der Waals surface area contributed by atoms with Gasteiger partial charge in [0.2, 0.25) is 0 Å². The summed E-state index contributed by atoms with van der Waals surface area (Å²) in [6.45, 7) is 8.66. The minimum Gasteiger partial charge on any atom is -0.484 e. The van der Waals surface area contributed by atoms with E-state index in [0.29, 0.717) is 10.8 Å². The first-order valence-electron chi connectivity index (χ1n) is 6.99. The summed E-state index contributed by atoms with van der Waals surface area (Å²) in [5.41, 5.74) is 0.952. The number of piperazine rings is 1. The van der Waals surface area contributed by atoms with Gasteiger partial charge in [0, 0.05) is 31.2 Å². The Kier molecular flexibility index (Phi) is 5.26. The van der Waals surface area contributed by atoms with Crippen LogP contribution in [0.3, 0.4) is 0 Å². The number of aryl methyl sites for hydroxylation is 1. The van der Waals surface area contributed by atoms with Crippen molar-refractivity contribution in [3.8, 4) is 5.75 Å². The number of rotatable bonds is 4. The van der Waals surface area contributed by atoms with E-state index in [-0.39, 0.29) is 12.5 Å². The number of nitrogens with zero attached hydrogens (tertiary/aromatic N) is 2. The van der Waals surface area contributed by atoms with Gasteiger partial charge in [-0.15, -0.1) is 0 Å². The normalized spacial score (nSPS) is 16.2. The number of likely N-dealkylation sites (N-methyl/N-ethyl adjacent to an activating group) is 1. The quantitative estimate of drug-likeness (QED) is 0.854. The Balaban J connectivity index is 1.81. The lowest BCUT2D eigenvalue weighted by Crippen LogP contribution is -2.49. The third kappa shape index (κ3) is 3.87. The van der Waals surface area contributed by atoms with E-state index in [1.54, 1.807) is 12.1 Å². The zero-order valence-electron chi connectivity index (χ0n) is 12.1. The van der Waals surface area contributed by atoms with Crippen LogP contribution in [0.5, 0.6) is 5.75 Å². The van der Waals surface area contributed by atoms with Crippen molar-refractivity contribution in [3.63, 3.8) is 0 Å².